The number of carbonyl (C=O) groups is 2. The van der Waals surface area contributed by atoms with Gasteiger partial charge in [-0.05, 0) is 30.7 Å². The van der Waals surface area contributed by atoms with Gasteiger partial charge in [0.2, 0.25) is 0 Å². The molecule has 0 spiro atoms. The van der Waals surface area contributed by atoms with Crippen molar-refractivity contribution in [1.29, 1.82) is 0 Å². The Morgan fingerprint density at radius 3 is 2.87 bits per heavy atom. The fourth-order valence-electron chi connectivity index (χ4n) is 1.78. The maximum absolute atomic E-state index is 11.7. The van der Waals surface area contributed by atoms with Gasteiger partial charge in [0.1, 0.15) is 10.1 Å². The average molecular weight is 414 g/mol. The van der Waals surface area contributed by atoms with E-state index in [9.17, 15) is 9.59 Å². The molecule has 1 aromatic carbocycles. The van der Waals surface area contributed by atoms with Crippen LogP contribution in [0.2, 0.25) is 0 Å². The van der Waals surface area contributed by atoms with E-state index in [0.717, 1.165) is 10.0 Å². The van der Waals surface area contributed by atoms with Crippen molar-refractivity contribution in [2.75, 3.05) is 6.61 Å². The number of ether oxygens (including phenoxy) is 1. The Labute approximate surface area is 150 Å². The molecule has 2 N–H and O–H groups in total. The number of carbonyl (C=O) groups excluding carboxylic acids is 1. The molecule has 5 nitrogen and oxygen atoms in total. The van der Waals surface area contributed by atoms with E-state index in [-0.39, 0.29) is 5.91 Å². The Kier molecular flexibility index (Phi) is 5.97. The van der Waals surface area contributed by atoms with Gasteiger partial charge in [-0.25, -0.2) is 4.79 Å². The monoisotopic (exact) mass is 413 g/mol. The number of halogens is 1. The molecule has 1 heterocycles. The van der Waals surface area contributed by atoms with E-state index in [1.807, 2.05) is 6.92 Å². The third-order valence-corrected chi connectivity index (χ3v) is 4.65. The van der Waals surface area contributed by atoms with E-state index in [0.29, 0.717) is 20.5 Å². The van der Waals surface area contributed by atoms with Crippen molar-refractivity contribution in [1.82, 2.24) is 5.32 Å². The van der Waals surface area contributed by atoms with Gasteiger partial charge in [0.15, 0.2) is 6.61 Å². The lowest BCUT2D eigenvalue weighted by molar-refractivity contribution is -0.139. The number of thiocarbonyl (C=S) groups is 1. The van der Waals surface area contributed by atoms with Gasteiger partial charge >= 0.3 is 5.97 Å². The first-order chi connectivity index (χ1) is 10.9. The normalized spacial score (nSPS) is 16.6. The van der Waals surface area contributed by atoms with Gasteiger partial charge < -0.3 is 15.2 Å². The number of rotatable bonds is 5. The molecule has 1 aliphatic rings. The van der Waals surface area contributed by atoms with Crippen LogP contribution in [0.25, 0.3) is 6.08 Å². The Morgan fingerprint density at radius 1 is 1.52 bits per heavy atom. The lowest BCUT2D eigenvalue weighted by Gasteiger charge is -2.08. The molecule has 120 valence electrons. The first-order valence-corrected chi connectivity index (χ1v) is 8.45. The zero-order valence-electron chi connectivity index (χ0n) is 12.0. The second-order valence-electron chi connectivity index (χ2n) is 4.55. The minimum absolute atomic E-state index is 0.209. The lowest BCUT2D eigenvalue weighted by Crippen LogP contribution is -2.18. The minimum Gasteiger partial charge on any atom is -0.481 e. The fourth-order valence-corrected chi connectivity index (χ4v) is 3.21. The second-order valence-corrected chi connectivity index (χ2v) is 7.16. The molecule has 1 amide bonds. The van der Waals surface area contributed by atoms with Crippen LogP contribution in [0.4, 0.5) is 0 Å². The Balaban J connectivity index is 2.26. The van der Waals surface area contributed by atoms with Crippen LogP contribution in [-0.4, -0.2) is 27.9 Å². The van der Waals surface area contributed by atoms with Crippen LogP contribution in [0.5, 0.6) is 5.75 Å². The molecule has 2 rings (SSSR count). The minimum atomic E-state index is -1.05. The number of nitrogens with one attached hydrogen (secondary N) is 1. The van der Waals surface area contributed by atoms with E-state index < -0.39 is 12.6 Å². The van der Waals surface area contributed by atoms with Crippen molar-refractivity contribution in [3.63, 3.8) is 0 Å². The van der Waals surface area contributed by atoms with Gasteiger partial charge in [0, 0.05) is 10.0 Å². The average Bonchev–Trinajstić information content (AvgIpc) is 2.82. The third-order valence-electron chi connectivity index (χ3n) is 2.81. The van der Waals surface area contributed by atoms with Crippen LogP contribution in [-0.2, 0) is 9.59 Å². The molecule has 0 unspecified atom stereocenters. The Hall–Kier alpha value is -1.64. The Morgan fingerprint density at radius 2 is 2.26 bits per heavy atom. The van der Waals surface area contributed by atoms with Gasteiger partial charge in [0.05, 0.1) is 4.91 Å². The molecule has 0 atom stereocenters. The lowest BCUT2D eigenvalue weighted by atomic mass is 10.1. The molecule has 0 saturated carbocycles. The highest BCUT2D eigenvalue weighted by Gasteiger charge is 2.23. The summed E-state index contributed by atoms with van der Waals surface area (Å²) in [6, 6.07) is 5.25. The predicted molar refractivity (Wildman–Crippen MR) is 97.3 cm³/mol. The molecule has 0 bridgehead atoms. The van der Waals surface area contributed by atoms with E-state index in [4.69, 9.17) is 22.1 Å². The number of amides is 1. The zero-order valence-corrected chi connectivity index (χ0v) is 15.2. The van der Waals surface area contributed by atoms with E-state index >= 15 is 0 Å². The first-order valence-electron chi connectivity index (χ1n) is 6.43. The molecule has 1 saturated heterocycles. The third kappa shape index (κ3) is 4.92. The van der Waals surface area contributed by atoms with Crippen molar-refractivity contribution in [3.8, 4) is 5.75 Å². The summed E-state index contributed by atoms with van der Waals surface area (Å²) in [5.74, 6) is -0.809. The molecule has 0 aliphatic carbocycles. The fraction of sp³-hybridized carbons (Fsp3) is 0.133. The smallest absolute Gasteiger partial charge is 0.341 e. The summed E-state index contributed by atoms with van der Waals surface area (Å²) in [4.78, 5) is 22.9. The summed E-state index contributed by atoms with van der Waals surface area (Å²) in [5, 5.41) is 11.3. The maximum Gasteiger partial charge on any atom is 0.341 e. The van der Waals surface area contributed by atoms with Gasteiger partial charge in [0.25, 0.3) is 5.91 Å². The van der Waals surface area contributed by atoms with Crippen molar-refractivity contribution in [3.05, 3.63) is 44.8 Å². The number of hydrogen-bond donors (Lipinski definition) is 2. The molecule has 0 radical (unpaired) electrons. The van der Waals surface area contributed by atoms with E-state index in [1.165, 1.54) is 11.8 Å². The highest BCUT2D eigenvalue weighted by atomic mass is 79.9. The summed E-state index contributed by atoms with van der Waals surface area (Å²) in [5.41, 5.74) is 1.46. The van der Waals surface area contributed by atoms with Crippen molar-refractivity contribution in [2.24, 2.45) is 0 Å². The largest absolute Gasteiger partial charge is 0.481 e. The number of allylic oxidation sites excluding steroid dienone is 2. The van der Waals surface area contributed by atoms with Crippen molar-refractivity contribution < 1.29 is 19.4 Å². The number of benzene rings is 1. The Bertz CT molecular complexity index is 743. The van der Waals surface area contributed by atoms with Crippen LogP contribution in [0.1, 0.15) is 12.5 Å². The highest BCUT2D eigenvalue weighted by Crippen LogP contribution is 2.29. The second kappa shape index (κ2) is 7.76. The molecule has 1 fully saturated rings. The highest BCUT2D eigenvalue weighted by molar-refractivity contribution is 9.10. The molecule has 1 aliphatic heterocycles. The van der Waals surface area contributed by atoms with Gasteiger partial charge in [-0.1, -0.05) is 52.1 Å². The number of carboxylic acids is 1. The summed E-state index contributed by atoms with van der Waals surface area (Å²) in [6.45, 7) is 1.39. The first kappa shape index (κ1) is 17.7. The summed E-state index contributed by atoms with van der Waals surface area (Å²) in [6.07, 6.45) is 3.53. The number of hydrogen-bond acceptors (Lipinski definition) is 5. The van der Waals surface area contributed by atoms with Gasteiger partial charge in [-0.3, -0.25) is 4.79 Å². The summed E-state index contributed by atoms with van der Waals surface area (Å²) >= 11 is 9.54. The standard InChI is InChI=1S/C15H12BrNO4S2/c1-8(13-14(20)17-15(22)23-13)2-3-9-6-10(16)4-5-11(9)21-7-12(18)19/h2-6H,7H2,1H3,(H,18,19)(H,17,20,22)/b3-2+,13-8+. The predicted octanol–water partition coefficient (Wildman–Crippen LogP) is 3.35. The van der Waals surface area contributed by atoms with Crippen LogP contribution >= 0.6 is 39.9 Å². The molecule has 23 heavy (non-hydrogen) atoms. The van der Waals surface area contributed by atoms with Crippen molar-refractivity contribution >= 4 is 62.2 Å². The zero-order chi connectivity index (χ0) is 17.0. The molecular formula is C15H12BrNO4S2. The molecular weight excluding hydrogens is 402 g/mol. The number of carboxylic acid groups (broad SMARTS) is 1. The van der Waals surface area contributed by atoms with Gasteiger partial charge in [-0.2, -0.15) is 0 Å². The van der Waals surface area contributed by atoms with Crippen LogP contribution < -0.4 is 10.1 Å². The topological polar surface area (TPSA) is 75.6 Å². The van der Waals surface area contributed by atoms with Crippen LogP contribution in [0.15, 0.2) is 39.2 Å². The van der Waals surface area contributed by atoms with Crippen LogP contribution in [0.3, 0.4) is 0 Å². The summed E-state index contributed by atoms with van der Waals surface area (Å²) in [7, 11) is 0. The maximum atomic E-state index is 11.7. The SMILES string of the molecule is CC(/C=C/c1cc(Br)ccc1OCC(=O)O)=C1\SC(=S)NC1=O. The number of thioether (sulfide) groups is 1. The van der Waals surface area contributed by atoms with Crippen molar-refractivity contribution in [2.45, 2.75) is 6.92 Å². The molecule has 0 aromatic heterocycles. The van der Waals surface area contributed by atoms with Gasteiger partial charge in [-0.15, -0.1) is 0 Å². The van der Waals surface area contributed by atoms with Crippen LogP contribution in [0, 0.1) is 0 Å². The molecule has 8 heteroatoms. The molecule has 1 aromatic rings. The summed E-state index contributed by atoms with van der Waals surface area (Å²) < 4.78 is 6.53. The van der Waals surface area contributed by atoms with E-state index in [1.54, 1.807) is 30.4 Å². The van der Waals surface area contributed by atoms with E-state index in [2.05, 4.69) is 21.2 Å². The number of aliphatic carboxylic acids is 1. The quantitative estimate of drug-likeness (QED) is 0.569.